The van der Waals surface area contributed by atoms with Gasteiger partial charge < -0.3 is 0 Å². The monoisotopic (exact) mass is 288 g/mol. The molecule has 0 aromatic heterocycles. The van der Waals surface area contributed by atoms with Gasteiger partial charge in [0.1, 0.15) is 0 Å². The van der Waals surface area contributed by atoms with E-state index in [9.17, 15) is 4.79 Å². The first-order valence-corrected chi connectivity index (χ1v) is 8.75. The maximum Gasteiger partial charge on any atom is 0.163 e. The van der Waals surface area contributed by atoms with Gasteiger partial charge in [0.2, 0.25) is 0 Å². The van der Waals surface area contributed by atoms with Crippen LogP contribution in [0, 0.1) is 13.8 Å². The summed E-state index contributed by atoms with van der Waals surface area (Å²) in [6.07, 6.45) is 12.4. The molecular formula is C20H32O. The molecule has 1 nitrogen and oxygen atoms in total. The van der Waals surface area contributed by atoms with Crippen molar-refractivity contribution in [2.75, 3.05) is 0 Å². The van der Waals surface area contributed by atoms with Crippen molar-refractivity contribution in [3.63, 3.8) is 0 Å². The summed E-state index contributed by atoms with van der Waals surface area (Å²) in [5.74, 6) is 0.315. The van der Waals surface area contributed by atoms with Crippen molar-refractivity contribution in [1.29, 1.82) is 0 Å². The molecule has 0 aliphatic carbocycles. The van der Waals surface area contributed by atoms with Crippen molar-refractivity contribution in [3.8, 4) is 0 Å². The molecule has 0 spiro atoms. The molecule has 0 radical (unpaired) electrons. The molecule has 0 saturated heterocycles. The highest BCUT2D eigenvalue weighted by atomic mass is 16.1. The van der Waals surface area contributed by atoms with E-state index in [0.717, 1.165) is 17.5 Å². The molecule has 0 unspecified atom stereocenters. The summed E-state index contributed by atoms with van der Waals surface area (Å²) in [4.78, 5) is 12.2. The summed E-state index contributed by atoms with van der Waals surface area (Å²) in [5.41, 5.74) is 3.27. The molecule has 0 bridgehead atoms. The Balaban J connectivity index is 2.11. The average molecular weight is 288 g/mol. The van der Waals surface area contributed by atoms with Gasteiger partial charge in [0.25, 0.3) is 0 Å². The highest BCUT2D eigenvalue weighted by molar-refractivity contribution is 5.97. The Morgan fingerprint density at radius 3 is 2.00 bits per heavy atom. The van der Waals surface area contributed by atoms with E-state index in [1.807, 2.05) is 19.1 Å². The molecule has 0 aliphatic rings. The van der Waals surface area contributed by atoms with Crippen LogP contribution in [-0.2, 0) is 0 Å². The Kier molecular flexibility index (Phi) is 9.05. The minimum atomic E-state index is 0.315. The fourth-order valence-corrected chi connectivity index (χ4v) is 2.86. The smallest absolute Gasteiger partial charge is 0.163 e. The second-order valence-corrected chi connectivity index (χ2v) is 6.32. The van der Waals surface area contributed by atoms with Crippen LogP contribution in [0.2, 0.25) is 0 Å². The van der Waals surface area contributed by atoms with Crippen LogP contribution in [0.5, 0.6) is 0 Å². The van der Waals surface area contributed by atoms with Crippen LogP contribution >= 0.6 is 0 Å². The number of Topliss-reactive ketones (excluding diaryl/α,β-unsaturated/α-hetero) is 1. The zero-order chi connectivity index (χ0) is 15.5. The van der Waals surface area contributed by atoms with Crippen molar-refractivity contribution in [3.05, 3.63) is 34.9 Å². The number of rotatable bonds is 11. The van der Waals surface area contributed by atoms with E-state index in [1.165, 1.54) is 56.9 Å². The minimum absolute atomic E-state index is 0.315. The molecule has 0 N–H and O–H groups in total. The number of carbonyl (C=O) groups excluding carboxylic acids is 1. The Labute approximate surface area is 131 Å². The number of hydrogen-bond donors (Lipinski definition) is 0. The predicted octanol–water partition coefficient (Wildman–Crippen LogP) is 6.41. The summed E-state index contributed by atoms with van der Waals surface area (Å²) in [5, 5.41) is 0. The lowest BCUT2D eigenvalue weighted by molar-refractivity contribution is 0.0978. The summed E-state index contributed by atoms with van der Waals surface area (Å²) in [7, 11) is 0. The SMILES string of the molecule is CCCCCCCCCCCC(=O)c1ccc(C)cc1C. The Morgan fingerprint density at radius 2 is 1.43 bits per heavy atom. The van der Waals surface area contributed by atoms with Crippen molar-refractivity contribution >= 4 is 5.78 Å². The van der Waals surface area contributed by atoms with Crippen molar-refractivity contribution in [1.82, 2.24) is 0 Å². The molecule has 0 amide bonds. The third-order valence-electron chi connectivity index (χ3n) is 4.19. The van der Waals surface area contributed by atoms with Gasteiger partial charge in [-0.1, -0.05) is 82.1 Å². The van der Waals surface area contributed by atoms with Crippen LogP contribution in [0.15, 0.2) is 18.2 Å². The van der Waals surface area contributed by atoms with Gasteiger partial charge in [-0.05, 0) is 25.8 Å². The second-order valence-electron chi connectivity index (χ2n) is 6.32. The number of aryl methyl sites for hydroxylation is 2. The van der Waals surface area contributed by atoms with Gasteiger partial charge in [-0.3, -0.25) is 4.79 Å². The predicted molar refractivity (Wildman–Crippen MR) is 92.1 cm³/mol. The molecule has 0 heterocycles. The Hall–Kier alpha value is -1.11. The standard InChI is InChI=1S/C20H32O/c1-4-5-6-7-8-9-10-11-12-13-20(21)19-15-14-17(2)16-18(19)3/h14-16H,4-13H2,1-3H3. The van der Waals surface area contributed by atoms with Crippen LogP contribution < -0.4 is 0 Å². The molecule has 0 fully saturated rings. The van der Waals surface area contributed by atoms with Gasteiger partial charge >= 0.3 is 0 Å². The maximum absolute atomic E-state index is 12.2. The van der Waals surface area contributed by atoms with Gasteiger partial charge in [-0.25, -0.2) is 0 Å². The number of hydrogen-bond acceptors (Lipinski definition) is 1. The Bertz CT molecular complexity index is 420. The van der Waals surface area contributed by atoms with Gasteiger partial charge in [0.05, 0.1) is 0 Å². The van der Waals surface area contributed by atoms with Gasteiger partial charge in [0, 0.05) is 12.0 Å². The summed E-state index contributed by atoms with van der Waals surface area (Å²) < 4.78 is 0. The first-order chi connectivity index (χ1) is 10.1. The molecule has 0 atom stereocenters. The number of benzene rings is 1. The fraction of sp³-hybridized carbons (Fsp3) is 0.650. The summed E-state index contributed by atoms with van der Waals surface area (Å²) in [6, 6.07) is 6.13. The van der Waals surface area contributed by atoms with Crippen LogP contribution in [-0.4, -0.2) is 5.78 Å². The first-order valence-electron chi connectivity index (χ1n) is 8.75. The molecule has 21 heavy (non-hydrogen) atoms. The maximum atomic E-state index is 12.2. The lowest BCUT2D eigenvalue weighted by Crippen LogP contribution is -2.02. The molecule has 118 valence electrons. The van der Waals surface area contributed by atoms with Crippen molar-refractivity contribution in [2.24, 2.45) is 0 Å². The number of ketones is 1. The lowest BCUT2D eigenvalue weighted by Gasteiger charge is -2.06. The van der Waals surface area contributed by atoms with E-state index >= 15 is 0 Å². The summed E-state index contributed by atoms with van der Waals surface area (Å²) >= 11 is 0. The topological polar surface area (TPSA) is 17.1 Å². The van der Waals surface area contributed by atoms with Crippen LogP contribution in [0.4, 0.5) is 0 Å². The number of unbranched alkanes of at least 4 members (excludes halogenated alkanes) is 8. The Morgan fingerprint density at radius 1 is 0.857 bits per heavy atom. The highest BCUT2D eigenvalue weighted by Crippen LogP contribution is 2.16. The van der Waals surface area contributed by atoms with Crippen LogP contribution in [0.1, 0.15) is 92.6 Å². The highest BCUT2D eigenvalue weighted by Gasteiger charge is 2.08. The molecule has 1 heteroatoms. The average Bonchev–Trinajstić information content (AvgIpc) is 2.45. The molecule has 1 aromatic rings. The van der Waals surface area contributed by atoms with E-state index < -0.39 is 0 Å². The van der Waals surface area contributed by atoms with Crippen LogP contribution in [0.3, 0.4) is 0 Å². The number of carbonyl (C=O) groups is 1. The van der Waals surface area contributed by atoms with E-state index in [4.69, 9.17) is 0 Å². The molecule has 1 aromatic carbocycles. The van der Waals surface area contributed by atoms with Crippen molar-refractivity contribution < 1.29 is 4.79 Å². The van der Waals surface area contributed by atoms with Crippen LogP contribution in [0.25, 0.3) is 0 Å². The third-order valence-corrected chi connectivity index (χ3v) is 4.19. The molecule has 0 aliphatic heterocycles. The minimum Gasteiger partial charge on any atom is -0.294 e. The van der Waals surface area contributed by atoms with E-state index in [1.54, 1.807) is 0 Å². The first kappa shape index (κ1) is 17.9. The quantitative estimate of drug-likeness (QED) is 0.340. The third kappa shape index (κ3) is 7.45. The van der Waals surface area contributed by atoms with E-state index in [2.05, 4.69) is 19.9 Å². The zero-order valence-corrected chi connectivity index (χ0v) is 14.2. The van der Waals surface area contributed by atoms with Crippen molar-refractivity contribution in [2.45, 2.75) is 85.0 Å². The molecular weight excluding hydrogens is 256 g/mol. The van der Waals surface area contributed by atoms with E-state index in [-0.39, 0.29) is 0 Å². The molecule has 0 saturated carbocycles. The van der Waals surface area contributed by atoms with Gasteiger partial charge in [-0.2, -0.15) is 0 Å². The molecule has 1 rings (SSSR count). The van der Waals surface area contributed by atoms with Gasteiger partial charge in [-0.15, -0.1) is 0 Å². The van der Waals surface area contributed by atoms with E-state index in [0.29, 0.717) is 12.2 Å². The zero-order valence-electron chi connectivity index (χ0n) is 14.2. The lowest BCUT2D eigenvalue weighted by atomic mass is 9.98. The largest absolute Gasteiger partial charge is 0.294 e. The normalized spacial score (nSPS) is 10.8. The summed E-state index contributed by atoms with van der Waals surface area (Å²) in [6.45, 7) is 6.37. The second kappa shape index (κ2) is 10.6. The van der Waals surface area contributed by atoms with Gasteiger partial charge in [0.15, 0.2) is 5.78 Å². The fourth-order valence-electron chi connectivity index (χ4n) is 2.86.